The zero-order valence-electron chi connectivity index (χ0n) is 24.4. The number of aliphatic imine (C=N–C) groups is 1. The summed E-state index contributed by atoms with van der Waals surface area (Å²) in [7, 11) is 1.84. The molecule has 0 unspecified atom stereocenters. The molecule has 0 amide bonds. The van der Waals surface area contributed by atoms with E-state index in [-0.39, 0.29) is 24.7 Å². The molecule has 2 fully saturated rings. The lowest BCUT2D eigenvalue weighted by Gasteiger charge is -2.30. The van der Waals surface area contributed by atoms with Crippen LogP contribution in [0.1, 0.15) is 60.6 Å². The molecular weight excluding hydrogens is 570 g/mol. The van der Waals surface area contributed by atoms with E-state index in [0.29, 0.717) is 24.2 Å². The summed E-state index contributed by atoms with van der Waals surface area (Å²) in [5.41, 5.74) is 0.584. The van der Waals surface area contributed by atoms with Crippen LogP contribution in [0.15, 0.2) is 40.9 Å². The molecule has 0 N–H and O–H groups in total. The van der Waals surface area contributed by atoms with Crippen molar-refractivity contribution in [3.05, 3.63) is 63.9 Å². The van der Waals surface area contributed by atoms with Crippen LogP contribution in [0.25, 0.3) is 11.0 Å². The van der Waals surface area contributed by atoms with Gasteiger partial charge in [-0.3, -0.25) is 9.67 Å². The predicted octanol–water partition coefficient (Wildman–Crippen LogP) is 7.30. The third-order valence-corrected chi connectivity index (χ3v) is 8.28. The minimum Gasteiger partial charge on any atom is -0.356 e. The van der Waals surface area contributed by atoms with Crippen LogP contribution in [0.5, 0.6) is 0 Å². The number of pyridine rings is 1. The summed E-state index contributed by atoms with van der Waals surface area (Å²) in [5.74, 6) is 2.49. The third-order valence-electron chi connectivity index (χ3n) is 8.28. The van der Waals surface area contributed by atoms with Gasteiger partial charge in [-0.1, -0.05) is 0 Å². The molecule has 3 heterocycles. The fraction of sp³-hybridized carbons (Fsp3) is 0.516. The van der Waals surface area contributed by atoms with Gasteiger partial charge in [0.25, 0.3) is 0 Å². The van der Waals surface area contributed by atoms with Crippen molar-refractivity contribution in [3.8, 4) is 0 Å². The Balaban J connectivity index is 1.43. The van der Waals surface area contributed by atoms with E-state index in [1.165, 1.54) is 0 Å². The van der Waals surface area contributed by atoms with E-state index in [2.05, 4.69) is 15.0 Å². The van der Waals surface area contributed by atoms with Gasteiger partial charge < -0.3 is 9.80 Å². The van der Waals surface area contributed by atoms with Crippen molar-refractivity contribution in [1.82, 2.24) is 19.7 Å². The largest absolute Gasteiger partial charge is 0.416 e. The smallest absolute Gasteiger partial charge is 0.356 e. The first-order chi connectivity index (χ1) is 20.2. The number of hydrogen-bond acceptors (Lipinski definition) is 5. The van der Waals surface area contributed by atoms with E-state index < -0.39 is 23.5 Å². The summed E-state index contributed by atoms with van der Waals surface area (Å²) >= 11 is 0. The van der Waals surface area contributed by atoms with E-state index >= 15 is 0 Å². The van der Waals surface area contributed by atoms with Gasteiger partial charge >= 0.3 is 12.4 Å². The van der Waals surface area contributed by atoms with Crippen molar-refractivity contribution in [2.75, 3.05) is 24.5 Å². The first-order valence-corrected chi connectivity index (χ1v) is 14.6. The van der Waals surface area contributed by atoms with Crippen LogP contribution in [0, 0.1) is 18.8 Å². The maximum Gasteiger partial charge on any atom is 0.416 e. The monoisotopic (exact) mass is 604 g/mol. The lowest BCUT2D eigenvalue weighted by atomic mass is 10.0. The van der Waals surface area contributed by atoms with Gasteiger partial charge in [-0.2, -0.15) is 31.4 Å². The van der Waals surface area contributed by atoms with Crippen molar-refractivity contribution in [2.24, 2.45) is 23.9 Å². The average molecular weight is 605 g/mol. The lowest BCUT2D eigenvalue weighted by molar-refractivity contribution is -0.143. The Morgan fingerprint density at radius 3 is 1.95 bits per heavy atom. The Morgan fingerprint density at radius 2 is 1.44 bits per heavy atom. The fourth-order valence-electron chi connectivity index (χ4n) is 5.70. The summed E-state index contributed by atoms with van der Waals surface area (Å²) in [5, 5.41) is 5.41. The molecule has 0 atom stereocenters. The molecule has 0 bridgehead atoms. The number of amidine groups is 1. The van der Waals surface area contributed by atoms with Gasteiger partial charge in [-0.05, 0) is 92.8 Å². The number of halogens is 6. The quantitative estimate of drug-likeness (QED) is 0.241. The maximum absolute atomic E-state index is 13.7. The summed E-state index contributed by atoms with van der Waals surface area (Å²) < 4.78 is 83.9. The molecule has 2 saturated carbocycles. The summed E-state index contributed by atoms with van der Waals surface area (Å²) in [4.78, 5) is 13.8. The van der Waals surface area contributed by atoms with Crippen LogP contribution in [-0.2, 0) is 32.5 Å². The van der Waals surface area contributed by atoms with E-state index in [1.807, 2.05) is 33.0 Å². The van der Waals surface area contributed by atoms with Gasteiger partial charge in [-0.15, -0.1) is 0 Å². The molecule has 12 heteroatoms. The third kappa shape index (κ3) is 6.67. The summed E-state index contributed by atoms with van der Waals surface area (Å²) in [6, 6.07) is 3.79. The van der Waals surface area contributed by atoms with Crippen molar-refractivity contribution >= 4 is 22.7 Å². The Labute approximate surface area is 246 Å². The highest BCUT2D eigenvalue weighted by molar-refractivity contribution is 5.95. The number of hydrogen-bond donors (Lipinski definition) is 0. The Hall–Kier alpha value is -3.57. The number of alkyl halides is 6. The second kappa shape index (κ2) is 10.9. The predicted molar refractivity (Wildman–Crippen MR) is 153 cm³/mol. The first kappa shape index (κ1) is 29.5. The number of rotatable bonds is 9. The second-order valence-electron chi connectivity index (χ2n) is 12.3. The summed E-state index contributed by atoms with van der Waals surface area (Å²) in [6.07, 6.45) is -3.36. The normalized spacial score (nSPS) is 17.4. The molecule has 3 aromatic rings. The van der Waals surface area contributed by atoms with Crippen LogP contribution in [0.2, 0.25) is 0 Å². The Morgan fingerprint density at radius 1 is 0.837 bits per heavy atom. The van der Waals surface area contributed by atoms with E-state index in [4.69, 9.17) is 4.98 Å². The molecule has 2 aromatic heterocycles. The molecule has 3 aliphatic rings. The number of benzene rings is 1. The zero-order chi connectivity index (χ0) is 30.7. The van der Waals surface area contributed by atoms with E-state index in [1.54, 1.807) is 9.58 Å². The van der Waals surface area contributed by atoms with Crippen molar-refractivity contribution in [1.29, 1.82) is 0 Å². The average Bonchev–Trinajstić information content (AvgIpc) is 3.85. The molecule has 6 nitrogen and oxygen atoms in total. The number of anilines is 1. The molecule has 1 aromatic carbocycles. The molecule has 0 radical (unpaired) electrons. The van der Waals surface area contributed by atoms with Crippen LogP contribution >= 0.6 is 0 Å². The minimum absolute atomic E-state index is 0.0937. The standard InChI is InChI=1S/C31H34F6N6/c1-18-8-27(38-13-18)42(16-22-9-24(30(32,33)34)12-25(10-22)31(35,36)37)17-23-11-26-19(2)40-41(3)29(26)39-28(23)43(14-20-4-5-20)15-21-6-7-21/h8-12,20-21H,4-7,13-17H2,1-3H3. The molecule has 230 valence electrons. The fourth-order valence-corrected chi connectivity index (χ4v) is 5.70. The highest BCUT2D eigenvalue weighted by atomic mass is 19.4. The van der Waals surface area contributed by atoms with Crippen LogP contribution in [0.4, 0.5) is 32.2 Å². The van der Waals surface area contributed by atoms with Crippen molar-refractivity contribution in [3.63, 3.8) is 0 Å². The lowest BCUT2D eigenvalue weighted by Crippen LogP contribution is -2.33. The molecule has 43 heavy (non-hydrogen) atoms. The van der Waals surface area contributed by atoms with Gasteiger partial charge in [-0.25, -0.2) is 4.98 Å². The molecule has 1 aliphatic heterocycles. The SMILES string of the molecule is CC1=CC(N(Cc2cc(C(F)(F)F)cc(C(F)(F)F)c2)Cc2cc3c(C)nn(C)c3nc2N(CC2CC2)CC2CC2)=NC1. The number of aromatic nitrogens is 3. The molecule has 2 aliphatic carbocycles. The van der Waals surface area contributed by atoms with Crippen LogP contribution in [-0.4, -0.2) is 45.1 Å². The molecule has 6 rings (SSSR count). The van der Waals surface area contributed by atoms with Gasteiger partial charge in [0.1, 0.15) is 11.7 Å². The molecule has 0 saturated heterocycles. The topological polar surface area (TPSA) is 49.6 Å². The maximum atomic E-state index is 13.7. The first-order valence-electron chi connectivity index (χ1n) is 14.6. The van der Waals surface area contributed by atoms with Gasteiger partial charge in [0.2, 0.25) is 0 Å². The van der Waals surface area contributed by atoms with Gasteiger partial charge in [0.05, 0.1) is 23.4 Å². The van der Waals surface area contributed by atoms with Gasteiger partial charge in [0, 0.05) is 44.2 Å². The van der Waals surface area contributed by atoms with Gasteiger partial charge in [0.15, 0.2) is 5.65 Å². The number of nitrogens with zero attached hydrogens (tertiary/aromatic N) is 6. The van der Waals surface area contributed by atoms with Crippen LogP contribution < -0.4 is 4.90 Å². The van der Waals surface area contributed by atoms with Crippen LogP contribution in [0.3, 0.4) is 0 Å². The summed E-state index contributed by atoms with van der Waals surface area (Å²) in [6.45, 7) is 5.95. The second-order valence-corrected chi connectivity index (χ2v) is 12.3. The van der Waals surface area contributed by atoms with E-state index in [0.717, 1.165) is 84.6 Å². The highest BCUT2D eigenvalue weighted by Gasteiger charge is 2.37. The Kier molecular flexibility index (Phi) is 7.45. The van der Waals surface area contributed by atoms with E-state index in [9.17, 15) is 26.3 Å². The molecule has 0 spiro atoms. The minimum atomic E-state index is -4.92. The number of fused-ring (bicyclic) bond motifs is 1. The zero-order valence-corrected chi connectivity index (χ0v) is 24.4. The highest BCUT2D eigenvalue weighted by Crippen LogP contribution is 2.39. The number of aryl methyl sites for hydroxylation is 2. The van der Waals surface area contributed by atoms with Crippen molar-refractivity contribution < 1.29 is 26.3 Å². The van der Waals surface area contributed by atoms with Crippen molar-refractivity contribution in [2.45, 2.75) is 65.0 Å². The molecular formula is C31H34F6N6. The Bertz CT molecular complexity index is 1550.